The Bertz CT molecular complexity index is 1120. The molecule has 4 rings (SSSR count). The highest BCUT2D eigenvalue weighted by Crippen LogP contribution is 2.37. The van der Waals surface area contributed by atoms with Crippen LogP contribution in [0.5, 0.6) is 0 Å². The van der Waals surface area contributed by atoms with Gasteiger partial charge in [-0.2, -0.15) is 0 Å². The van der Waals surface area contributed by atoms with Crippen LogP contribution < -0.4 is 10.2 Å². The first-order chi connectivity index (χ1) is 15.9. The molecular weight excluding hydrogens is 488 g/mol. The Morgan fingerprint density at radius 1 is 1.03 bits per heavy atom. The van der Waals surface area contributed by atoms with Gasteiger partial charge in [0.2, 0.25) is 11.8 Å². The fourth-order valence-electron chi connectivity index (χ4n) is 4.18. The fourth-order valence-corrected chi connectivity index (χ4v) is 4.59. The largest absolute Gasteiger partial charge is 0.452 e. The molecule has 1 saturated heterocycles. The van der Waals surface area contributed by atoms with Crippen molar-refractivity contribution in [3.63, 3.8) is 0 Å². The molecule has 3 amide bonds. The standard InChI is InChI=1S/C25H23BrN2O5/c1-2-15-13-17(26)9-12-21(15)27-22(29)14-33-25(32)16-7-10-18(11-8-16)28-23(30)19-5-3-4-6-20(19)24(28)31/h3-4,7-13,19-20H,2,5-6,14H2,1H3,(H,27,29)/t19-,20+. The smallest absolute Gasteiger partial charge is 0.338 e. The maximum atomic E-state index is 12.7. The van der Waals surface area contributed by atoms with Crippen molar-refractivity contribution < 1.29 is 23.9 Å². The van der Waals surface area contributed by atoms with Crippen LogP contribution in [0.4, 0.5) is 11.4 Å². The van der Waals surface area contributed by atoms with Crippen LogP contribution in [0.25, 0.3) is 0 Å². The lowest BCUT2D eigenvalue weighted by atomic mass is 9.85. The lowest BCUT2D eigenvalue weighted by molar-refractivity contribution is -0.122. The molecule has 2 aromatic carbocycles. The second-order valence-electron chi connectivity index (χ2n) is 7.99. The van der Waals surface area contributed by atoms with Crippen molar-refractivity contribution in [1.82, 2.24) is 0 Å². The van der Waals surface area contributed by atoms with Crippen LogP contribution in [0, 0.1) is 11.8 Å². The molecule has 7 nitrogen and oxygen atoms in total. The number of halogens is 1. The van der Waals surface area contributed by atoms with Crippen LogP contribution >= 0.6 is 15.9 Å². The number of allylic oxidation sites excluding steroid dienone is 2. The minimum absolute atomic E-state index is 0.208. The van der Waals surface area contributed by atoms with E-state index in [1.165, 1.54) is 17.0 Å². The number of aryl methyl sites for hydroxylation is 1. The van der Waals surface area contributed by atoms with Crippen molar-refractivity contribution in [2.75, 3.05) is 16.8 Å². The predicted octanol–water partition coefficient (Wildman–Crippen LogP) is 4.26. The summed E-state index contributed by atoms with van der Waals surface area (Å²) >= 11 is 3.40. The minimum Gasteiger partial charge on any atom is -0.452 e. The normalized spacial score (nSPS) is 19.4. The second kappa shape index (κ2) is 9.70. The summed E-state index contributed by atoms with van der Waals surface area (Å²) in [6.07, 6.45) is 5.74. The molecule has 0 bridgehead atoms. The highest BCUT2D eigenvalue weighted by atomic mass is 79.9. The van der Waals surface area contributed by atoms with E-state index < -0.39 is 18.5 Å². The minimum atomic E-state index is -0.667. The molecule has 2 atom stereocenters. The summed E-state index contributed by atoms with van der Waals surface area (Å²) in [4.78, 5) is 51.2. The Morgan fingerprint density at radius 3 is 2.27 bits per heavy atom. The number of rotatable bonds is 6. The van der Waals surface area contributed by atoms with Gasteiger partial charge in [0.1, 0.15) is 0 Å². The summed E-state index contributed by atoms with van der Waals surface area (Å²) in [5.41, 5.74) is 2.28. The van der Waals surface area contributed by atoms with Crippen LogP contribution in [0.3, 0.4) is 0 Å². The molecule has 1 aliphatic heterocycles. The van der Waals surface area contributed by atoms with E-state index in [-0.39, 0.29) is 29.2 Å². The van der Waals surface area contributed by atoms with Crippen molar-refractivity contribution >= 4 is 51.0 Å². The van der Waals surface area contributed by atoms with E-state index in [0.29, 0.717) is 24.2 Å². The highest BCUT2D eigenvalue weighted by Gasteiger charge is 2.47. The molecule has 1 fully saturated rings. The maximum absolute atomic E-state index is 12.7. The average Bonchev–Trinajstić information content (AvgIpc) is 3.09. The summed E-state index contributed by atoms with van der Waals surface area (Å²) in [5, 5.41) is 2.75. The van der Waals surface area contributed by atoms with Crippen molar-refractivity contribution in [2.45, 2.75) is 26.2 Å². The number of hydrogen-bond donors (Lipinski definition) is 1. The third kappa shape index (κ3) is 4.75. The monoisotopic (exact) mass is 510 g/mol. The van der Waals surface area contributed by atoms with Crippen LogP contribution in [0.1, 0.15) is 35.7 Å². The Labute approximate surface area is 199 Å². The summed E-state index contributed by atoms with van der Waals surface area (Å²) in [6.45, 7) is 1.55. The van der Waals surface area contributed by atoms with Crippen LogP contribution in [0.2, 0.25) is 0 Å². The van der Waals surface area contributed by atoms with Crippen LogP contribution in [-0.2, 0) is 25.5 Å². The Morgan fingerprint density at radius 2 is 1.67 bits per heavy atom. The van der Waals surface area contributed by atoms with Gasteiger partial charge in [-0.05, 0) is 67.3 Å². The quantitative estimate of drug-likeness (QED) is 0.356. The molecule has 0 spiro atoms. The molecule has 33 heavy (non-hydrogen) atoms. The number of amides is 3. The molecule has 1 N–H and O–H groups in total. The Hall–Kier alpha value is -3.26. The van der Waals surface area contributed by atoms with Gasteiger partial charge in [0.15, 0.2) is 6.61 Å². The molecule has 2 aliphatic rings. The van der Waals surface area contributed by atoms with Gasteiger partial charge in [0.25, 0.3) is 5.91 Å². The fraction of sp³-hybridized carbons (Fsp3) is 0.280. The molecule has 1 heterocycles. The van der Waals surface area contributed by atoms with Gasteiger partial charge in [-0.3, -0.25) is 19.3 Å². The zero-order valence-electron chi connectivity index (χ0n) is 18.0. The van der Waals surface area contributed by atoms with E-state index in [1.54, 1.807) is 18.2 Å². The predicted molar refractivity (Wildman–Crippen MR) is 127 cm³/mol. The van der Waals surface area contributed by atoms with Gasteiger partial charge in [-0.25, -0.2) is 4.79 Å². The second-order valence-corrected chi connectivity index (χ2v) is 8.91. The number of benzene rings is 2. The number of fused-ring (bicyclic) bond motifs is 1. The molecular formula is C25H23BrN2O5. The summed E-state index contributed by atoms with van der Waals surface area (Å²) < 4.78 is 6.04. The van der Waals surface area contributed by atoms with Gasteiger partial charge < -0.3 is 10.1 Å². The number of ether oxygens (including phenoxy) is 1. The summed E-state index contributed by atoms with van der Waals surface area (Å²) in [6, 6.07) is 11.6. The summed E-state index contributed by atoms with van der Waals surface area (Å²) in [7, 11) is 0. The van der Waals surface area contributed by atoms with Gasteiger partial charge in [-0.15, -0.1) is 0 Å². The lowest BCUT2D eigenvalue weighted by Crippen LogP contribution is -2.30. The van der Waals surface area contributed by atoms with E-state index in [2.05, 4.69) is 21.2 Å². The third-order valence-corrected chi connectivity index (χ3v) is 6.42. The molecule has 0 aromatic heterocycles. The molecule has 8 heteroatoms. The number of anilines is 2. The third-order valence-electron chi connectivity index (χ3n) is 5.93. The van der Waals surface area contributed by atoms with E-state index in [1.807, 2.05) is 31.2 Å². The van der Waals surface area contributed by atoms with Crippen LogP contribution in [-0.4, -0.2) is 30.3 Å². The number of imide groups is 1. The van der Waals surface area contributed by atoms with Gasteiger partial charge in [0.05, 0.1) is 23.1 Å². The first-order valence-electron chi connectivity index (χ1n) is 10.8. The highest BCUT2D eigenvalue weighted by molar-refractivity contribution is 9.10. The van der Waals surface area contributed by atoms with E-state index in [0.717, 1.165) is 16.5 Å². The Kier molecular flexibility index (Phi) is 6.74. The lowest BCUT2D eigenvalue weighted by Gasteiger charge is -2.15. The molecule has 2 aromatic rings. The average molecular weight is 511 g/mol. The molecule has 0 radical (unpaired) electrons. The Balaban J connectivity index is 1.36. The van der Waals surface area contributed by atoms with E-state index >= 15 is 0 Å². The number of carbonyl (C=O) groups excluding carboxylic acids is 4. The number of carbonyl (C=O) groups is 4. The summed E-state index contributed by atoms with van der Waals surface area (Å²) in [5.74, 6) is -2.16. The van der Waals surface area contributed by atoms with Gasteiger partial charge in [0, 0.05) is 10.2 Å². The topological polar surface area (TPSA) is 92.8 Å². The van der Waals surface area contributed by atoms with E-state index in [4.69, 9.17) is 4.74 Å². The zero-order valence-corrected chi connectivity index (χ0v) is 19.6. The van der Waals surface area contributed by atoms with Crippen molar-refractivity contribution in [3.05, 3.63) is 70.2 Å². The van der Waals surface area contributed by atoms with Gasteiger partial charge >= 0.3 is 5.97 Å². The number of hydrogen-bond acceptors (Lipinski definition) is 5. The molecule has 170 valence electrons. The van der Waals surface area contributed by atoms with Crippen molar-refractivity contribution in [1.29, 1.82) is 0 Å². The number of nitrogens with zero attached hydrogens (tertiary/aromatic N) is 1. The first-order valence-corrected chi connectivity index (χ1v) is 11.6. The molecule has 0 saturated carbocycles. The van der Waals surface area contributed by atoms with Crippen molar-refractivity contribution in [3.8, 4) is 0 Å². The maximum Gasteiger partial charge on any atom is 0.338 e. The van der Waals surface area contributed by atoms with Crippen LogP contribution in [0.15, 0.2) is 59.1 Å². The molecule has 0 unspecified atom stereocenters. The van der Waals surface area contributed by atoms with Gasteiger partial charge in [-0.1, -0.05) is 35.0 Å². The SMILES string of the molecule is CCc1cc(Br)ccc1NC(=O)COC(=O)c1ccc(N2C(=O)[C@H]3CC=CC[C@H]3C2=O)cc1. The van der Waals surface area contributed by atoms with E-state index in [9.17, 15) is 19.2 Å². The molecule has 1 aliphatic carbocycles. The number of esters is 1. The van der Waals surface area contributed by atoms with Crippen molar-refractivity contribution in [2.24, 2.45) is 11.8 Å². The number of nitrogens with one attached hydrogen (secondary N) is 1. The zero-order chi connectivity index (χ0) is 23.5. The first kappa shape index (κ1) is 22.9.